The standard InChI is InChI=1S/C11H15FN2OS/c1-8(16-7-6-13)11(15)14-10-4-2-9(12)3-5-10/h2-5,8H,6-7,13H2,1H3,(H,14,15). The van der Waals surface area contributed by atoms with Crippen molar-refractivity contribution in [1.29, 1.82) is 0 Å². The van der Waals surface area contributed by atoms with Crippen LogP contribution >= 0.6 is 11.8 Å². The number of hydrogen-bond acceptors (Lipinski definition) is 3. The van der Waals surface area contributed by atoms with Gasteiger partial charge in [-0.15, -0.1) is 11.8 Å². The molecule has 1 amide bonds. The van der Waals surface area contributed by atoms with E-state index in [0.29, 0.717) is 12.2 Å². The summed E-state index contributed by atoms with van der Waals surface area (Å²) in [5.74, 6) is 0.339. The van der Waals surface area contributed by atoms with Crippen LogP contribution in [-0.2, 0) is 4.79 Å². The van der Waals surface area contributed by atoms with Crippen molar-refractivity contribution in [3.63, 3.8) is 0 Å². The van der Waals surface area contributed by atoms with Crippen molar-refractivity contribution in [1.82, 2.24) is 0 Å². The Morgan fingerprint density at radius 2 is 2.12 bits per heavy atom. The van der Waals surface area contributed by atoms with E-state index in [1.165, 1.54) is 36.0 Å². The number of anilines is 1. The van der Waals surface area contributed by atoms with E-state index in [0.717, 1.165) is 5.75 Å². The minimum atomic E-state index is -0.316. The predicted molar refractivity (Wildman–Crippen MR) is 66.0 cm³/mol. The molecule has 0 aromatic heterocycles. The molecule has 0 saturated carbocycles. The molecule has 3 N–H and O–H groups in total. The van der Waals surface area contributed by atoms with Gasteiger partial charge in [0.25, 0.3) is 0 Å². The Morgan fingerprint density at radius 3 is 2.69 bits per heavy atom. The number of amides is 1. The van der Waals surface area contributed by atoms with Crippen LogP contribution in [0.4, 0.5) is 10.1 Å². The average Bonchev–Trinajstić information content (AvgIpc) is 2.29. The minimum absolute atomic E-state index is 0.0925. The molecule has 0 fully saturated rings. The van der Waals surface area contributed by atoms with Crippen molar-refractivity contribution in [2.45, 2.75) is 12.2 Å². The van der Waals surface area contributed by atoms with Gasteiger partial charge in [-0.1, -0.05) is 0 Å². The largest absolute Gasteiger partial charge is 0.330 e. The van der Waals surface area contributed by atoms with Crippen LogP contribution in [0.5, 0.6) is 0 Å². The quantitative estimate of drug-likeness (QED) is 0.828. The number of halogens is 1. The van der Waals surface area contributed by atoms with Crippen LogP contribution in [0.1, 0.15) is 6.92 Å². The SMILES string of the molecule is CC(SCCN)C(=O)Nc1ccc(F)cc1. The van der Waals surface area contributed by atoms with E-state index in [4.69, 9.17) is 5.73 Å². The second kappa shape index (κ2) is 6.50. The molecule has 3 nitrogen and oxygen atoms in total. The van der Waals surface area contributed by atoms with Gasteiger partial charge in [-0.2, -0.15) is 0 Å². The summed E-state index contributed by atoms with van der Waals surface area (Å²) in [6, 6.07) is 5.70. The minimum Gasteiger partial charge on any atom is -0.330 e. The zero-order valence-corrected chi connectivity index (χ0v) is 9.89. The van der Waals surface area contributed by atoms with E-state index in [2.05, 4.69) is 5.32 Å². The zero-order chi connectivity index (χ0) is 12.0. The molecule has 16 heavy (non-hydrogen) atoms. The zero-order valence-electron chi connectivity index (χ0n) is 9.07. The fourth-order valence-electron chi connectivity index (χ4n) is 1.10. The predicted octanol–water partition coefficient (Wildman–Crippen LogP) is 1.84. The van der Waals surface area contributed by atoms with Crippen molar-refractivity contribution in [2.75, 3.05) is 17.6 Å². The second-order valence-corrected chi connectivity index (χ2v) is 4.75. The highest BCUT2D eigenvalue weighted by atomic mass is 32.2. The van der Waals surface area contributed by atoms with E-state index in [-0.39, 0.29) is 17.0 Å². The summed E-state index contributed by atoms with van der Waals surface area (Å²) in [7, 11) is 0. The first kappa shape index (κ1) is 13.0. The van der Waals surface area contributed by atoms with Gasteiger partial charge >= 0.3 is 0 Å². The summed E-state index contributed by atoms with van der Waals surface area (Å²) in [4.78, 5) is 11.6. The number of benzene rings is 1. The van der Waals surface area contributed by atoms with Crippen molar-refractivity contribution in [3.05, 3.63) is 30.1 Å². The van der Waals surface area contributed by atoms with E-state index in [1.807, 2.05) is 6.92 Å². The summed E-state index contributed by atoms with van der Waals surface area (Å²) < 4.78 is 12.6. The van der Waals surface area contributed by atoms with Gasteiger partial charge in [-0.25, -0.2) is 4.39 Å². The van der Waals surface area contributed by atoms with E-state index in [1.54, 1.807) is 0 Å². The fourth-order valence-corrected chi connectivity index (χ4v) is 1.80. The molecule has 0 heterocycles. The van der Waals surface area contributed by atoms with E-state index in [9.17, 15) is 9.18 Å². The van der Waals surface area contributed by atoms with Crippen molar-refractivity contribution < 1.29 is 9.18 Å². The van der Waals surface area contributed by atoms with Crippen molar-refractivity contribution >= 4 is 23.4 Å². The normalized spacial score (nSPS) is 12.2. The number of carbonyl (C=O) groups is 1. The van der Waals surface area contributed by atoms with Gasteiger partial charge in [0.05, 0.1) is 5.25 Å². The van der Waals surface area contributed by atoms with Gasteiger partial charge in [0.2, 0.25) is 5.91 Å². The van der Waals surface area contributed by atoms with Crippen LogP contribution in [0.3, 0.4) is 0 Å². The Hall–Kier alpha value is -1.07. The van der Waals surface area contributed by atoms with Gasteiger partial charge < -0.3 is 11.1 Å². The number of rotatable bonds is 5. The summed E-state index contributed by atoms with van der Waals surface area (Å²) >= 11 is 1.50. The lowest BCUT2D eigenvalue weighted by Crippen LogP contribution is -2.23. The van der Waals surface area contributed by atoms with Crippen LogP contribution in [0.25, 0.3) is 0 Å². The lowest BCUT2D eigenvalue weighted by molar-refractivity contribution is -0.115. The number of thioether (sulfide) groups is 1. The number of nitrogens with one attached hydrogen (secondary N) is 1. The van der Waals surface area contributed by atoms with Crippen molar-refractivity contribution in [2.24, 2.45) is 5.73 Å². The van der Waals surface area contributed by atoms with E-state index < -0.39 is 0 Å². The van der Waals surface area contributed by atoms with E-state index >= 15 is 0 Å². The molecule has 0 aliphatic heterocycles. The highest BCUT2D eigenvalue weighted by Crippen LogP contribution is 2.13. The van der Waals surface area contributed by atoms with Gasteiger partial charge in [0.1, 0.15) is 5.82 Å². The van der Waals surface area contributed by atoms with Gasteiger partial charge in [-0.3, -0.25) is 4.79 Å². The maximum absolute atomic E-state index is 12.6. The molecular weight excluding hydrogens is 227 g/mol. The van der Waals surface area contributed by atoms with Crippen LogP contribution in [0, 0.1) is 5.82 Å². The first-order valence-electron chi connectivity index (χ1n) is 5.01. The summed E-state index contributed by atoms with van der Waals surface area (Å²) in [5, 5.41) is 2.55. The maximum Gasteiger partial charge on any atom is 0.237 e. The Bertz CT molecular complexity index is 342. The lowest BCUT2D eigenvalue weighted by atomic mass is 10.3. The van der Waals surface area contributed by atoms with Gasteiger partial charge in [0, 0.05) is 18.0 Å². The first-order valence-corrected chi connectivity index (χ1v) is 6.06. The molecule has 1 atom stereocenters. The molecule has 0 aliphatic carbocycles. The average molecular weight is 242 g/mol. The summed E-state index contributed by atoms with van der Waals surface area (Å²) in [6.07, 6.45) is 0. The van der Waals surface area contributed by atoms with Crippen LogP contribution < -0.4 is 11.1 Å². The molecule has 0 spiro atoms. The molecule has 88 valence electrons. The third-order valence-corrected chi connectivity index (χ3v) is 3.15. The fraction of sp³-hybridized carbons (Fsp3) is 0.364. The van der Waals surface area contributed by atoms with Crippen LogP contribution in [0.15, 0.2) is 24.3 Å². The molecule has 1 aromatic carbocycles. The third-order valence-electron chi connectivity index (χ3n) is 1.97. The van der Waals surface area contributed by atoms with Crippen LogP contribution in [0.2, 0.25) is 0 Å². The van der Waals surface area contributed by atoms with Crippen molar-refractivity contribution in [3.8, 4) is 0 Å². The number of nitrogens with two attached hydrogens (primary N) is 1. The molecular formula is C11H15FN2OS. The first-order chi connectivity index (χ1) is 7.63. The highest BCUT2D eigenvalue weighted by molar-refractivity contribution is 8.00. The Kier molecular flexibility index (Phi) is 5.28. The third kappa shape index (κ3) is 4.20. The number of hydrogen-bond donors (Lipinski definition) is 2. The summed E-state index contributed by atoms with van der Waals surface area (Å²) in [5.41, 5.74) is 5.96. The van der Waals surface area contributed by atoms with Gasteiger partial charge in [0.15, 0.2) is 0 Å². The monoisotopic (exact) mass is 242 g/mol. The topological polar surface area (TPSA) is 55.1 Å². The molecule has 1 unspecified atom stereocenters. The molecule has 0 saturated heterocycles. The maximum atomic E-state index is 12.6. The lowest BCUT2D eigenvalue weighted by Gasteiger charge is -2.11. The smallest absolute Gasteiger partial charge is 0.237 e. The summed E-state index contributed by atoms with van der Waals surface area (Å²) in [6.45, 7) is 2.37. The number of carbonyl (C=O) groups excluding carboxylic acids is 1. The van der Waals surface area contributed by atoms with Gasteiger partial charge in [-0.05, 0) is 31.2 Å². The second-order valence-electron chi connectivity index (χ2n) is 3.30. The molecule has 5 heteroatoms. The molecule has 0 radical (unpaired) electrons. The molecule has 0 aliphatic rings. The molecule has 0 bridgehead atoms. The molecule has 1 rings (SSSR count). The highest BCUT2D eigenvalue weighted by Gasteiger charge is 2.12. The Labute approximate surface area is 98.6 Å². The Balaban J connectivity index is 2.47. The molecule has 1 aromatic rings. The Morgan fingerprint density at radius 1 is 1.50 bits per heavy atom. The van der Waals surface area contributed by atoms with Crippen LogP contribution in [-0.4, -0.2) is 23.5 Å².